The zero-order chi connectivity index (χ0) is 15.3. The summed E-state index contributed by atoms with van der Waals surface area (Å²) in [5, 5.41) is 2.86. The standard InChI is InChI=1S/C15H19N3O2S/c1-12-5-3-4-6-13(12)7-10-18-21(19,20)15-11-17-9-8-14(15)16-2/h3-6,8-9,11,18H,7,10H2,1-2H3,(H,16,17). The fourth-order valence-corrected chi connectivity index (χ4v) is 3.27. The third kappa shape index (κ3) is 3.80. The van der Waals surface area contributed by atoms with Crippen molar-refractivity contribution in [2.24, 2.45) is 0 Å². The summed E-state index contributed by atoms with van der Waals surface area (Å²) >= 11 is 0. The molecule has 0 aliphatic heterocycles. The number of aromatic nitrogens is 1. The number of nitrogens with one attached hydrogen (secondary N) is 2. The van der Waals surface area contributed by atoms with E-state index in [2.05, 4.69) is 15.0 Å². The smallest absolute Gasteiger partial charge is 0.244 e. The van der Waals surface area contributed by atoms with E-state index in [9.17, 15) is 8.42 Å². The molecular weight excluding hydrogens is 286 g/mol. The fourth-order valence-electron chi connectivity index (χ4n) is 2.09. The van der Waals surface area contributed by atoms with E-state index in [1.54, 1.807) is 19.3 Å². The van der Waals surface area contributed by atoms with Crippen molar-refractivity contribution in [2.45, 2.75) is 18.2 Å². The molecule has 2 aromatic rings. The van der Waals surface area contributed by atoms with Crippen LogP contribution in [0, 0.1) is 6.92 Å². The topological polar surface area (TPSA) is 71.1 Å². The number of hydrogen-bond acceptors (Lipinski definition) is 4. The van der Waals surface area contributed by atoms with Gasteiger partial charge in [0.1, 0.15) is 4.90 Å². The van der Waals surface area contributed by atoms with E-state index in [4.69, 9.17) is 0 Å². The second-order valence-corrected chi connectivity index (χ2v) is 6.43. The number of nitrogens with zero attached hydrogens (tertiary/aromatic N) is 1. The molecule has 5 nitrogen and oxygen atoms in total. The highest BCUT2D eigenvalue weighted by Crippen LogP contribution is 2.18. The molecule has 0 amide bonds. The molecule has 0 spiro atoms. The first kappa shape index (κ1) is 15.5. The van der Waals surface area contributed by atoms with Gasteiger partial charge in [0.2, 0.25) is 10.0 Å². The highest BCUT2D eigenvalue weighted by Gasteiger charge is 2.17. The summed E-state index contributed by atoms with van der Waals surface area (Å²) in [4.78, 5) is 4.04. The number of hydrogen-bond donors (Lipinski definition) is 2. The summed E-state index contributed by atoms with van der Waals surface area (Å²) in [6, 6.07) is 9.58. The molecule has 1 aromatic carbocycles. The predicted octanol–water partition coefficient (Wildman–Crippen LogP) is 1.95. The van der Waals surface area contributed by atoms with Gasteiger partial charge in [-0.2, -0.15) is 0 Å². The first-order valence-corrected chi connectivity index (χ1v) is 8.19. The number of pyridine rings is 1. The highest BCUT2D eigenvalue weighted by atomic mass is 32.2. The number of sulfonamides is 1. The highest BCUT2D eigenvalue weighted by molar-refractivity contribution is 7.89. The molecule has 1 heterocycles. The van der Waals surface area contributed by atoms with Crippen LogP contribution >= 0.6 is 0 Å². The Morgan fingerprint density at radius 2 is 1.95 bits per heavy atom. The van der Waals surface area contributed by atoms with Gasteiger partial charge >= 0.3 is 0 Å². The first-order valence-electron chi connectivity index (χ1n) is 6.70. The second kappa shape index (κ2) is 6.69. The molecule has 0 unspecified atom stereocenters. The van der Waals surface area contributed by atoms with Gasteiger partial charge in [-0.15, -0.1) is 0 Å². The average Bonchev–Trinajstić information content (AvgIpc) is 2.49. The van der Waals surface area contributed by atoms with Crippen molar-refractivity contribution in [2.75, 3.05) is 18.9 Å². The minimum Gasteiger partial charge on any atom is -0.387 e. The minimum absolute atomic E-state index is 0.164. The monoisotopic (exact) mass is 305 g/mol. The van der Waals surface area contributed by atoms with Crippen molar-refractivity contribution in [3.05, 3.63) is 53.9 Å². The maximum atomic E-state index is 12.3. The summed E-state index contributed by atoms with van der Waals surface area (Å²) in [6.07, 6.45) is 3.56. The Hall–Kier alpha value is -1.92. The Kier molecular flexibility index (Phi) is 4.93. The van der Waals surface area contributed by atoms with Gasteiger partial charge in [0.15, 0.2) is 0 Å². The van der Waals surface area contributed by atoms with Crippen LogP contribution < -0.4 is 10.0 Å². The van der Waals surface area contributed by atoms with E-state index < -0.39 is 10.0 Å². The SMILES string of the molecule is CNc1ccncc1S(=O)(=O)NCCc1ccccc1C. The molecule has 112 valence electrons. The van der Waals surface area contributed by atoms with Gasteiger partial charge in [0, 0.05) is 26.0 Å². The maximum absolute atomic E-state index is 12.3. The summed E-state index contributed by atoms with van der Waals surface area (Å²) < 4.78 is 27.2. The molecule has 0 fully saturated rings. The van der Waals surface area contributed by atoms with Crippen LogP contribution in [0.3, 0.4) is 0 Å². The second-order valence-electron chi connectivity index (χ2n) is 4.70. The van der Waals surface area contributed by atoms with Crippen LogP contribution in [0.4, 0.5) is 5.69 Å². The van der Waals surface area contributed by atoms with Gasteiger partial charge < -0.3 is 5.32 Å². The summed E-state index contributed by atoms with van der Waals surface area (Å²) in [5.41, 5.74) is 2.84. The fraction of sp³-hybridized carbons (Fsp3) is 0.267. The van der Waals surface area contributed by atoms with Crippen LogP contribution in [0.25, 0.3) is 0 Å². The molecule has 0 aliphatic rings. The third-order valence-corrected chi connectivity index (χ3v) is 4.78. The van der Waals surface area contributed by atoms with E-state index in [1.807, 2.05) is 31.2 Å². The first-order chi connectivity index (χ1) is 10.0. The number of aryl methyl sites for hydroxylation is 1. The lowest BCUT2D eigenvalue weighted by Crippen LogP contribution is -2.27. The van der Waals surface area contributed by atoms with Crippen molar-refractivity contribution in [3.63, 3.8) is 0 Å². The average molecular weight is 305 g/mol. The Labute approximate surface area is 125 Å². The lowest BCUT2D eigenvalue weighted by Gasteiger charge is -2.11. The van der Waals surface area contributed by atoms with Crippen LogP contribution in [0.2, 0.25) is 0 Å². The molecule has 21 heavy (non-hydrogen) atoms. The van der Waals surface area contributed by atoms with Gasteiger partial charge in [-0.1, -0.05) is 24.3 Å². The minimum atomic E-state index is -3.56. The van der Waals surface area contributed by atoms with E-state index in [-0.39, 0.29) is 4.90 Å². The Balaban J connectivity index is 2.07. The normalized spacial score (nSPS) is 11.3. The number of anilines is 1. The van der Waals surface area contributed by atoms with Crippen LogP contribution in [0.1, 0.15) is 11.1 Å². The molecule has 0 atom stereocenters. The lowest BCUT2D eigenvalue weighted by molar-refractivity contribution is 0.581. The van der Waals surface area contributed by atoms with Gasteiger partial charge in [-0.3, -0.25) is 4.98 Å². The molecule has 1 aromatic heterocycles. The largest absolute Gasteiger partial charge is 0.387 e. The van der Waals surface area contributed by atoms with E-state index in [0.29, 0.717) is 18.7 Å². The van der Waals surface area contributed by atoms with Crippen molar-refractivity contribution < 1.29 is 8.42 Å². The third-order valence-electron chi connectivity index (χ3n) is 3.29. The summed E-state index contributed by atoms with van der Waals surface area (Å²) in [6.45, 7) is 2.37. The van der Waals surface area contributed by atoms with Crippen molar-refractivity contribution >= 4 is 15.7 Å². The van der Waals surface area contributed by atoms with Crippen LogP contribution in [-0.2, 0) is 16.4 Å². The Bertz CT molecular complexity index is 714. The predicted molar refractivity (Wildman–Crippen MR) is 83.9 cm³/mol. The van der Waals surface area contributed by atoms with Crippen molar-refractivity contribution in [3.8, 4) is 0 Å². The zero-order valence-corrected chi connectivity index (χ0v) is 12.9. The van der Waals surface area contributed by atoms with Crippen molar-refractivity contribution in [1.29, 1.82) is 0 Å². The van der Waals surface area contributed by atoms with Crippen LogP contribution in [-0.4, -0.2) is 27.0 Å². The van der Waals surface area contributed by atoms with E-state index >= 15 is 0 Å². The lowest BCUT2D eigenvalue weighted by atomic mass is 10.1. The summed E-state index contributed by atoms with van der Waals surface area (Å²) in [5.74, 6) is 0. The molecular formula is C15H19N3O2S. The number of benzene rings is 1. The van der Waals surface area contributed by atoms with E-state index in [1.165, 1.54) is 6.20 Å². The molecule has 0 aliphatic carbocycles. The summed E-state index contributed by atoms with van der Waals surface area (Å²) in [7, 11) is -1.88. The Morgan fingerprint density at radius 3 is 2.67 bits per heavy atom. The van der Waals surface area contributed by atoms with Gasteiger partial charge in [0.05, 0.1) is 5.69 Å². The molecule has 2 N–H and O–H groups in total. The molecule has 0 saturated carbocycles. The molecule has 0 bridgehead atoms. The van der Waals surface area contributed by atoms with Crippen molar-refractivity contribution in [1.82, 2.24) is 9.71 Å². The van der Waals surface area contributed by atoms with Gasteiger partial charge in [-0.05, 0) is 30.5 Å². The molecule has 0 saturated heterocycles. The molecule has 2 rings (SSSR count). The quantitative estimate of drug-likeness (QED) is 0.856. The maximum Gasteiger partial charge on any atom is 0.244 e. The Morgan fingerprint density at radius 1 is 1.19 bits per heavy atom. The van der Waals surface area contributed by atoms with Crippen LogP contribution in [0.5, 0.6) is 0 Å². The number of rotatable bonds is 6. The zero-order valence-electron chi connectivity index (χ0n) is 12.1. The van der Waals surface area contributed by atoms with Crippen LogP contribution in [0.15, 0.2) is 47.6 Å². The van der Waals surface area contributed by atoms with E-state index in [0.717, 1.165) is 11.1 Å². The molecule has 0 radical (unpaired) electrons. The van der Waals surface area contributed by atoms with Gasteiger partial charge in [0.25, 0.3) is 0 Å². The molecule has 6 heteroatoms. The van der Waals surface area contributed by atoms with Gasteiger partial charge in [-0.25, -0.2) is 13.1 Å².